The summed E-state index contributed by atoms with van der Waals surface area (Å²) in [5.74, 6) is -1.47. The van der Waals surface area contributed by atoms with Crippen LogP contribution < -0.4 is 0 Å². The number of hydrogen-bond acceptors (Lipinski definition) is 3. The van der Waals surface area contributed by atoms with Crippen molar-refractivity contribution >= 4 is 17.6 Å². The maximum absolute atomic E-state index is 10.4. The number of halogens is 1. The number of carbonyl (C=O) groups is 1. The summed E-state index contributed by atoms with van der Waals surface area (Å²) in [6.07, 6.45) is 0.961. The third kappa shape index (κ3) is 2.79. The second-order valence-corrected chi connectivity index (χ2v) is 3.98. The highest BCUT2D eigenvalue weighted by molar-refractivity contribution is 6.33. The number of aryl methyl sites for hydroxylation is 1. The number of carboxylic acid groups (broad SMARTS) is 1. The Bertz CT molecular complexity index is 415. The molecule has 0 heterocycles. The van der Waals surface area contributed by atoms with Crippen LogP contribution in [0.25, 0.3) is 0 Å². The molecule has 4 nitrogen and oxygen atoms in total. The van der Waals surface area contributed by atoms with Gasteiger partial charge in [0.05, 0.1) is 5.02 Å². The summed E-state index contributed by atoms with van der Waals surface area (Å²) in [6.45, 7) is 1.75. The zero-order valence-electron chi connectivity index (χ0n) is 8.83. The molecule has 0 saturated heterocycles. The predicted octanol–water partition coefficient (Wildman–Crippen LogP) is 2.47. The van der Waals surface area contributed by atoms with E-state index in [4.69, 9.17) is 16.7 Å². The molecule has 0 amide bonds. The lowest BCUT2D eigenvalue weighted by Crippen LogP contribution is -1.98. The average Bonchev–Trinajstić information content (AvgIpc) is 2.19. The molecule has 0 bridgehead atoms. The Balaban J connectivity index is 2.87. The fourth-order valence-corrected chi connectivity index (χ4v) is 1.85. The third-order valence-corrected chi connectivity index (χ3v) is 2.77. The van der Waals surface area contributed by atoms with Crippen molar-refractivity contribution in [3.05, 3.63) is 22.2 Å². The van der Waals surface area contributed by atoms with E-state index in [1.807, 2.05) is 0 Å². The zero-order valence-corrected chi connectivity index (χ0v) is 9.58. The van der Waals surface area contributed by atoms with E-state index in [0.29, 0.717) is 18.4 Å². The fraction of sp³-hybridized carbons (Fsp3) is 0.364. The summed E-state index contributed by atoms with van der Waals surface area (Å²) in [4.78, 5) is 10.4. The smallest absolute Gasteiger partial charge is 0.303 e. The molecule has 3 N–H and O–H groups in total. The van der Waals surface area contributed by atoms with Gasteiger partial charge in [0, 0.05) is 6.42 Å². The first-order valence-electron chi connectivity index (χ1n) is 4.85. The number of aliphatic carboxylic acids is 1. The van der Waals surface area contributed by atoms with E-state index >= 15 is 0 Å². The van der Waals surface area contributed by atoms with Crippen LogP contribution >= 0.6 is 11.6 Å². The molecule has 0 aliphatic heterocycles. The molecule has 0 fully saturated rings. The molecule has 1 aromatic carbocycles. The van der Waals surface area contributed by atoms with Gasteiger partial charge in [0.15, 0.2) is 11.5 Å². The van der Waals surface area contributed by atoms with E-state index in [1.54, 1.807) is 6.92 Å². The number of phenolic OH excluding ortho intramolecular Hbond substituents is 2. The zero-order chi connectivity index (χ0) is 12.3. The molecule has 1 rings (SSSR count). The number of hydrogen-bond donors (Lipinski definition) is 3. The lowest BCUT2D eigenvalue weighted by Gasteiger charge is -2.10. The minimum absolute atomic E-state index is 0.0530. The number of aromatic hydroxyl groups is 2. The Labute approximate surface area is 98.1 Å². The topological polar surface area (TPSA) is 77.8 Å². The van der Waals surface area contributed by atoms with Gasteiger partial charge >= 0.3 is 5.97 Å². The van der Waals surface area contributed by atoms with Crippen LogP contribution in [-0.4, -0.2) is 21.3 Å². The van der Waals surface area contributed by atoms with Gasteiger partial charge in [0.1, 0.15) is 0 Å². The average molecular weight is 245 g/mol. The molecule has 0 unspecified atom stereocenters. The summed E-state index contributed by atoms with van der Waals surface area (Å²) >= 11 is 5.86. The van der Waals surface area contributed by atoms with Gasteiger partial charge in [-0.3, -0.25) is 4.79 Å². The normalized spacial score (nSPS) is 10.4. The molecule has 0 spiro atoms. The molecule has 0 aromatic heterocycles. The van der Waals surface area contributed by atoms with Crippen LogP contribution in [0, 0.1) is 6.92 Å². The highest BCUT2D eigenvalue weighted by Gasteiger charge is 2.13. The van der Waals surface area contributed by atoms with Gasteiger partial charge in [-0.2, -0.15) is 0 Å². The first-order valence-corrected chi connectivity index (χ1v) is 5.23. The first kappa shape index (κ1) is 12.6. The molecule has 0 aliphatic rings. The first-order chi connectivity index (χ1) is 7.43. The third-order valence-electron chi connectivity index (χ3n) is 2.36. The minimum Gasteiger partial charge on any atom is -0.504 e. The van der Waals surface area contributed by atoms with Crippen molar-refractivity contribution < 1.29 is 20.1 Å². The second-order valence-electron chi connectivity index (χ2n) is 3.60. The molecule has 1 aromatic rings. The summed E-state index contributed by atoms with van der Waals surface area (Å²) in [5.41, 5.74) is 1.42. The Kier molecular flexibility index (Phi) is 4.01. The lowest BCUT2D eigenvalue weighted by atomic mass is 10.0. The van der Waals surface area contributed by atoms with Crippen molar-refractivity contribution in [3.8, 4) is 11.5 Å². The summed E-state index contributed by atoms with van der Waals surface area (Å²) in [6, 6.07) is 1.41. The second kappa shape index (κ2) is 5.07. The highest BCUT2D eigenvalue weighted by Crippen LogP contribution is 2.38. The SMILES string of the molecule is Cc1cc(O)c(O)c(Cl)c1CCCC(=O)O. The molecule has 0 aliphatic carbocycles. The Morgan fingerprint density at radius 2 is 2.06 bits per heavy atom. The van der Waals surface area contributed by atoms with Crippen LogP contribution in [0.15, 0.2) is 6.07 Å². The van der Waals surface area contributed by atoms with Crippen molar-refractivity contribution in [1.29, 1.82) is 0 Å². The van der Waals surface area contributed by atoms with Crippen LogP contribution in [0.2, 0.25) is 5.02 Å². The minimum atomic E-state index is -0.864. The van der Waals surface area contributed by atoms with E-state index in [9.17, 15) is 15.0 Å². The van der Waals surface area contributed by atoms with Crippen molar-refractivity contribution in [2.45, 2.75) is 26.2 Å². The van der Waals surface area contributed by atoms with Crippen LogP contribution in [0.3, 0.4) is 0 Å². The Hall–Kier alpha value is -1.42. The largest absolute Gasteiger partial charge is 0.504 e. The molecule has 0 radical (unpaired) electrons. The highest BCUT2D eigenvalue weighted by atomic mass is 35.5. The van der Waals surface area contributed by atoms with Gasteiger partial charge in [0.2, 0.25) is 0 Å². The molecular formula is C11H13ClO4. The molecule has 0 atom stereocenters. The van der Waals surface area contributed by atoms with Gasteiger partial charge in [-0.15, -0.1) is 0 Å². The number of benzene rings is 1. The van der Waals surface area contributed by atoms with E-state index < -0.39 is 5.97 Å². The van der Waals surface area contributed by atoms with E-state index in [1.165, 1.54) is 6.07 Å². The number of rotatable bonds is 4. The standard InChI is InChI=1S/C11H13ClO4/c1-6-5-8(13)11(16)10(12)7(6)3-2-4-9(14)15/h5,13,16H,2-4H2,1H3,(H,14,15). The molecule has 16 heavy (non-hydrogen) atoms. The van der Waals surface area contributed by atoms with Crippen LogP contribution in [0.4, 0.5) is 0 Å². The fourth-order valence-electron chi connectivity index (χ4n) is 1.51. The monoisotopic (exact) mass is 244 g/mol. The Morgan fingerprint density at radius 3 is 2.62 bits per heavy atom. The van der Waals surface area contributed by atoms with Crippen LogP contribution in [-0.2, 0) is 11.2 Å². The lowest BCUT2D eigenvalue weighted by molar-refractivity contribution is -0.137. The van der Waals surface area contributed by atoms with Crippen LogP contribution in [0.5, 0.6) is 11.5 Å². The van der Waals surface area contributed by atoms with Crippen LogP contribution in [0.1, 0.15) is 24.0 Å². The van der Waals surface area contributed by atoms with Gasteiger partial charge < -0.3 is 15.3 Å². The van der Waals surface area contributed by atoms with Crippen molar-refractivity contribution in [2.24, 2.45) is 0 Å². The van der Waals surface area contributed by atoms with Crippen molar-refractivity contribution in [2.75, 3.05) is 0 Å². The molecule has 0 saturated carbocycles. The van der Waals surface area contributed by atoms with Gasteiger partial charge in [-0.05, 0) is 37.0 Å². The summed E-state index contributed by atoms with van der Waals surface area (Å²) in [5, 5.41) is 27.3. The molecular weight excluding hydrogens is 232 g/mol. The molecule has 5 heteroatoms. The number of carboxylic acids is 1. The maximum Gasteiger partial charge on any atom is 0.303 e. The van der Waals surface area contributed by atoms with E-state index in [2.05, 4.69) is 0 Å². The predicted molar refractivity (Wildman–Crippen MR) is 60.1 cm³/mol. The number of phenols is 2. The quantitative estimate of drug-likeness (QED) is 0.711. The van der Waals surface area contributed by atoms with Crippen molar-refractivity contribution in [1.82, 2.24) is 0 Å². The maximum atomic E-state index is 10.4. The molecule has 88 valence electrons. The van der Waals surface area contributed by atoms with E-state index in [0.717, 1.165) is 5.56 Å². The van der Waals surface area contributed by atoms with Gasteiger partial charge in [-0.25, -0.2) is 0 Å². The van der Waals surface area contributed by atoms with E-state index in [-0.39, 0.29) is 22.9 Å². The van der Waals surface area contributed by atoms with Gasteiger partial charge in [0.25, 0.3) is 0 Å². The van der Waals surface area contributed by atoms with Crippen molar-refractivity contribution in [3.63, 3.8) is 0 Å². The summed E-state index contributed by atoms with van der Waals surface area (Å²) < 4.78 is 0. The Morgan fingerprint density at radius 1 is 1.44 bits per heavy atom. The summed E-state index contributed by atoms with van der Waals surface area (Å²) in [7, 11) is 0. The van der Waals surface area contributed by atoms with Gasteiger partial charge in [-0.1, -0.05) is 11.6 Å².